The average molecular weight is 472 g/mol. The van der Waals surface area contributed by atoms with Crippen molar-refractivity contribution in [3.63, 3.8) is 0 Å². The highest BCUT2D eigenvalue weighted by atomic mass is 35.5. The number of amides is 2. The highest BCUT2D eigenvalue weighted by Crippen LogP contribution is 2.38. The van der Waals surface area contributed by atoms with E-state index in [1.165, 1.54) is 6.07 Å². The molecule has 2 amide bonds. The highest BCUT2D eigenvalue weighted by molar-refractivity contribution is 6.40. The minimum absolute atomic E-state index is 0.0429. The number of nitrogens with one attached hydrogen (secondary N) is 3. The van der Waals surface area contributed by atoms with Crippen molar-refractivity contribution < 1.29 is 9.18 Å². The molecule has 2 aliphatic heterocycles. The molecule has 1 aromatic carbocycles. The van der Waals surface area contributed by atoms with E-state index in [2.05, 4.69) is 51.7 Å². The Labute approximate surface area is 197 Å². The molecular weight excluding hydrogens is 445 g/mol. The number of halogens is 2. The Kier molecular flexibility index (Phi) is 6.25. The fourth-order valence-corrected chi connectivity index (χ4v) is 3.94. The lowest BCUT2D eigenvalue weighted by molar-refractivity contribution is 0.250. The maximum atomic E-state index is 14.6. The molecule has 3 heterocycles. The van der Waals surface area contributed by atoms with Crippen molar-refractivity contribution in [3.05, 3.63) is 40.3 Å². The van der Waals surface area contributed by atoms with Crippen LogP contribution < -0.4 is 20.9 Å². The summed E-state index contributed by atoms with van der Waals surface area (Å²) in [6.45, 7) is 8.03. The van der Waals surface area contributed by atoms with Gasteiger partial charge in [-0.05, 0) is 30.0 Å². The second-order valence-corrected chi connectivity index (χ2v) is 9.55. The number of aromatic nitrogens is 2. The Bertz CT molecular complexity index is 1160. The summed E-state index contributed by atoms with van der Waals surface area (Å²) >= 11 is 6.45. The van der Waals surface area contributed by atoms with Gasteiger partial charge < -0.3 is 20.9 Å². The number of rotatable bonds is 5. The number of aliphatic imine (C=N–C) groups is 1. The van der Waals surface area contributed by atoms with Crippen LogP contribution in [-0.2, 0) is 0 Å². The van der Waals surface area contributed by atoms with Gasteiger partial charge in [0.2, 0.25) is 5.95 Å². The molecule has 3 N–H and O–H groups in total. The number of hydrogen-bond acceptors (Lipinski definition) is 6. The second-order valence-electron chi connectivity index (χ2n) is 9.14. The smallest absolute Gasteiger partial charge is 0.319 e. The van der Waals surface area contributed by atoms with Crippen LogP contribution in [-0.4, -0.2) is 48.5 Å². The molecule has 2 aromatic rings. The minimum Gasteiger partial charge on any atom is -0.357 e. The Balaban J connectivity index is 1.65. The Morgan fingerprint density at radius 3 is 2.82 bits per heavy atom. The monoisotopic (exact) mass is 471 g/mol. The van der Waals surface area contributed by atoms with E-state index < -0.39 is 11.8 Å². The summed E-state index contributed by atoms with van der Waals surface area (Å²) in [5, 5.41) is 8.54. The molecule has 0 aliphatic carbocycles. The number of carbonyl (C=O) groups is 1. The SMILES string of the molecule is CNc1ncc2c(n1)N1CCN=C1C(c1cc(NC(=O)NCCC(C)(C)C)c(F)cc1Cl)=C2. The Morgan fingerprint density at radius 1 is 1.30 bits per heavy atom. The largest absolute Gasteiger partial charge is 0.357 e. The predicted molar refractivity (Wildman–Crippen MR) is 132 cm³/mol. The van der Waals surface area contributed by atoms with Crippen molar-refractivity contribution in [2.24, 2.45) is 10.4 Å². The first-order valence-electron chi connectivity index (χ1n) is 10.8. The van der Waals surface area contributed by atoms with Crippen LogP contribution in [0.15, 0.2) is 23.3 Å². The van der Waals surface area contributed by atoms with Gasteiger partial charge in [0.15, 0.2) is 0 Å². The molecule has 2 aliphatic rings. The van der Waals surface area contributed by atoms with Gasteiger partial charge in [-0.1, -0.05) is 32.4 Å². The fourth-order valence-electron chi connectivity index (χ4n) is 3.69. The van der Waals surface area contributed by atoms with E-state index in [0.29, 0.717) is 37.0 Å². The number of hydrogen-bond donors (Lipinski definition) is 3. The molecule has 10 heteroatoms. The number of benzene rings is 1. The van der Waals surface area contributed by atoms with Crippen LogP contribution in [0.3, 0.4) is 0 Å². The van der Waals surface area contributed by atoms with Gasteiger partial charge >= 0.3 is 6.03 Å². The molecule has 174 valence electrons. The molecule has 0 spiro atoms. The van der Waals surface area contributed by atoms with E-state index in [1.54, 1.807) is 19.3 Å². The van der Waals surface area contributed by atoms with Crippen molar-refractivity contribution in [3.8, 4) is 0 Å². The molecular formula is C23H27ClFN7O. The van der Waals surface area contributed by atoms with Crippen molar-refractivity contribution >= 4 is 52.6 Å². The van der Waals surface area contributed by atoms with Gasteiger partial charge in [-0.2, -0.15) is 4.98 Å². The zero-order valence-electron chi connectivity index (χ0n) is 19.1. The van der Waals surface area contributed by atoms with Crippen molar-refractivity contribution in [2.75, 3.05) is 42.2 Å². The summed E-state index contributed by atoms with van der Waals surface area (Å²) < 4.78 is 14.6. The van der Waals surface area contributed by atoms with E-state index in [-0.39, 0.29) is 16.1 Å². The summed E-state index contributed by atoms with van der Waals surface area (Å²) in [4.78, 5) is 27.8. The fraction of sp³-hybridized carbons (Fsp3) is 0.391. The summed E-state index contributed by atoms with van der Waals surface area (Å²) in [6, 6.07) is 2.28. The highest BCUT2D eigenvalue weighted by Gasteiger charge is 2.31. The molecule has 33 heavy (non-hydrogen) atoms. The number of urea groups is 1. The molecule has 1 aromatic heterocycles. The summed E-state index contributed by atoms with van der Waals surface area (Å²) in [5.41, 5.74) is 2.22. The zero-order chi connectivity index (χ0) is 23.8. The molecule has 0 saturated heterocycles. The van der Waals surface area contributed by atoms with Gasteiger partial charge in [-0.3, -0.25) is 4.99 Å². The molecule has 0 radical (unpaired) electrons. The average Bonchev–Trinajstić information content (AvgIpc) is 3.24. The Morgan fingerprint density at radius 2 is 2.09 bits per heavy atom. The van der Waals surface area contributed by atoms with Gasteiger partial charge in [-0.15, -0.1) is 0 Å². The van der Waals surface area contributed by atoms with Crippen LogP contribution in [0.4, 0.5) is 26.6 Å². The first-order chi connectivity index (χ1) is 15.7. The summed E-state index contributed by atoms with van der Waals surface area (Å²) in [6.07, 6.45) is 4.41. The molecule has 0 fully saturated rings. The maximum Gasteiger partial charge on any atom is 0.319 e. The van der Waals surface area contributed by atoms with E-state index in [4.69, 9.17) is 11.6 Å². The van der Waals surface area contributed by atoms with Gasteiger partial charge in [0.25, 0.3) is 0 Å². The summed E-state index contributed by atoms with van der Waals surface area (Å²) in [5.74, 6) is 1.36. The van der Waals surface area contributed by atoms with E-state index in [9.17, 15) is 9.18 Å². The first kappa shape index (κ1) is 23.0. The number of carbonyl (C=O) groups excluding carboxylic acids is 1. The first-order valence-corrected chi connectivity index (χ1v) is 11.2. The molecule has 0 saturated carbocycles. The molecule has 8 nitrogen and oxygen atoms in total. The van der Waals surface area contributed by atoms with Crippen LogP contribution in [0.1, 0.15) is 38.3 Å². The van der Waals surface area contributed by atoms with Crippen LogP contribution in [0.2, 0.25) is 5.02 Å². The number of amidine groups is 1. The van der Waals surface area contributed by atoms with Crippen molar-refractivity contribution in [1.82, 2.24) is 15.3 Å². The van der Waals surface area contributed by atoms with Gasteiger partial charge in [0.05, 0.1) is 17.3 Å². The Hall–Kier alpha value is -3.20. The quantitative estimate of drug-likeness (QED) is 0.590. The molecule has 0 atom stereocenters. The van der Waals surface area contributed by atoms with Crippen LogP contribution in [0, 0.1) is 11.2 Å². The third-order valence-electron chi connectivity index (χ3n) is 5.41. The van der Waals surface area contributed by atoms with Gasteiger partial charge in [0, 0.05) is 43.0 Å². The number of anilines is 3. The molecule has 0 bridgehead atoms. The maximum absolute atomic E-state index is 14.6. The van der Waals surface area contributed by atoms with E-state index in [0.717, 1.165) is 23.4 Å². The molecule has 0 unspecified atom stereocenters. The van der Waals surface area contributed by atoms with E-state index >= 15 is 0 Å². The lowest BCUT2D eigenvalue weighted by Crippen LogP contribution is -2.33. The number of nitrogens with zero attached hydrogens (tertiary/aromatic N) is 4. The van der Waals surface area contributed by atoms with Crippen molar-refractivity contribution in [1.29, 1.82) is 0 Å². The minimum atomic E-state index is -0.612. The predicted octanol–water partition coefficient (Wildman–Crippen LogP) is 4.64. The standard InChI is InChI=1S/C23H27ClFN7O/c1-23(2,3)5-6-28-22(33)30-18-10-14(16(24)11-17(18)25)15-9-13-12-29-21(26-4)31-19(13)32-8-7-27-20(15)32/h9-12H,5-8H2,1-4H3,(H,26,29,31)(H2,28,30,33). The number of fused-ring (bicyclic) bond motifs is 3. The van der Waals surface area contributed by atoms with Gasteiger partial charge in [-0.25, -0.2) is 14.2 Å². The second kappa shape index (κ2) is 8.97. The van der Waals surface area contributed by atoms with E-state index in [1.807, 2.05) is 11.0 Å². The third-order valence-corrected chi connectivity index (χ3v) is 5.73. The van der Waals surface area contributed by atoms with Gasteiger partial charge in [0.1, 0.15) is 17.5 Å². The summed E-state index contributed by atoms with van der Waals surface area (Å²) in [7, 11) is 1.76. The third kappa shape index (κ3) is 4.93. The van der Waals surface area contributed by atoms with Crippen LogP contribution in [0.5, 0.6) is 0 Å². The van der Waals surface area contributed by atoms with Crippen LogP contribution >= 0.6 is 11.6 Å². The molecule has 4 rings (SSSR count). The topological polar surface area (TPSA) is 94.5 Å². The van der Waals surface area contributed by atoms with Crippen LogP contribution in [0.25, 0.3) is 11.6 Å². The van der Waals surface area contributed by atoms with Crippen molar-refractivity contribution in [2.45, 2.75) is 27.2 Å². The zero-order valence-corrected chi connectivity index (χ0v) is 19.8. The normalized spacial score (nSPS) is 14.8. The lowest BCUT2D eigenvalue weighted by Gasteiger charge is -2.28. The lowest BCUT2D eigenvalue weighted by atomic mass is 9.92.